The summed E-state index contributed by atoms with van der Waals surface area (Å²) in [6, 6.07) is 0. The van der Waals surface area contributed by atoms with Gasteiger partial charge in [0.15, 0.2) is 0 Å². The van der Waals surface area contributed by atoms with Gasteiger partial charge in [0.1, 0.15) is 0 Å². The Hall–Kier alpha value is -0.260. The molecule has 0 bridgehead atoms. The van der Waals surface area contributed by atoms with Crippen LogP contribution in [0.4, 0.5) is 0 Å². The van der Waals surface area contributed by atoms with Crippen LogP contribution in [-0.2, 0) is 0 Å². The van der Waals surface area contributed by atoms with E-state index < -0.39 is 0 Å². The van der Waals surface area contributed by atoms with E-state index in [4.69, 9.17) is 0 Å². The Morgan fingerprint density at radius 3 is 2.78 bits per heavy atom. The van der Waals surface area contributed by atoms with Crippen molar-refractivity contribution in [3.05, 3.63) is 12.7 Å². The first-order chi connectivity index (χ1) is 4.26. The predicted molar refractivity (Wildman–Crippen MR) is 39.1 cm³/mol. The van der Waals surface area contributed by atoms with E-state index in [0.29, 0.717) is 0 Å². The molecule has 0 nitrogen and oxygen atoms in total. The Kier molecular flexibility index (Phi) is 0.870. The third-order valence-electron chi connectivity index (χ3n) is 3.19. The molecule has 0 aliphatic heterocycles. The first-order valence-corrected chi connectivity index (χ1v) is 3.87. The molecule has 0 aromatic carbocycles. The minimum absolute atomic E-state index is 0.813. The van der Waals surface area contributed by atoms with Gasteiger partial charge in [-0.3, -0.25) is 0 Å². The molecule has 50 valence electrons. The highest BCUT2D eigenvalue weighted by atomic mass is 14.7. The summed E-state index contributed by atoms with van der Waals surface area (Å²) in [4.78, 5) is 0. The zero-order valence-corrected chi connectivity index (χ0v) is 6.06. The van der Waals surface area contributed by atoms with Gasteiger partial charge in [0.05, 0.1) is 0 Å². The van der Waals surface area contributed by atoms with E-state index in [1.54, 1.807) is 0 Å². The number of allylic oxidation sites excluding steroid dienone is 1. The van der Waals surface area contributed by atoms with E-state index in [0.717, 1.165) is 17.3 Å². The van der Waals surface area contributed by atoms with E-state index in [1.165, 1.54) is 19.3 Å². The molecule has 3 unspecified atom stereocenters. The summed E-state index contributed by atoms with van der Waals surface area (Å²) in [6.45, 7) is 6.17. The second-order valence-corrected chi connectivity index (χ2v) is 3.95. The van der Waals surface area contributed by atoms with Crippen LogP contribution >= 0.6 is 0 Å². The monoisotopic (exact) mass is 122 g/mol. The van der Waals surface area contributed by atoms with Gasteiger partial charge in [-0.2, -0.15) is 0 Å². The van der Waals surface area contributed by atoms with Gasteiger partial charge in [-0.25, -0.2) is 0 Å². The highest BCUT2D eigenvalue weighted by molar-refractivity contribution is 5.13. The average molecular weight is 122 g/mol. The summed E-state index contributed by atoms with van der Waals surface area (Å²) in [7, 11) is 0. The van der Waals surface area contributed by atoms with E-state index >= 15 is 0 Å². The highest BCUT2D eigenvalue weighted by Gasteiger charge is 2.62. The zero-order valence-electron chi connectivity index (χ0n) is 6.06. The van der Waals surface area contributed by atoms with Crippen LogP contribution in [0.3, 0.4) is 0 Å². The maximum atomic E-state index is 3.76. The van der Waals surface area contributed by atoms with Crippen molar-refractivity contribution in [2.24, 2.45) is 17.3 Å². The summed E-state index contributed by atoms with van der Waals surface area (Å²) in [5.74, 6) is 2.11. The molecule has 2 aliphatic carbocycles. The van der Waals surface area contributed by atoms with Gasteiger partial charge in [-0.15, -0.1) is 6.58 Å². The molecular weight excluding hydrogens is 108 g/mol. The van der Waals surface area contributed by atoms with Crippen molar-refractivity contribution in [3.8, 4) is 0 Å². The van der Waals surface area contributed by atoms with Crippen LogP contribution in [0.25, 0.3) is 0 Å². The smallest absolute Gasteiger partial charge is 0.0289 e. The molecular formula is C9H14. The molecule has 2 saturated carbocycles. The molecule has 0 heterocycles. The minimum atomic E-state index is 0.813. The van der Waals surface area contributed by atoms with Crippen LogP contribution < -0.4 is 0 Å². The van der Waals surface area contributed by atoms with Crippen molar-refractivity contribution in [1.29, 1.82) is 0 Å². The lowest BCUT2D eigenvalue weighted by molar-refractivity contribution is 0.200. The lowest BCUT2D eigenvalue weighted by Crippen LogP contribution is -2.22. The maximum Gasteiger partial charge on any atom is -0.0289 e. The maximum absolute atomic E-state index is 3.76. The number of hydrogen-bond donors (Lipinski definition) is 0. The highest BCUT2D eigenvalue weighted by Crippen LogP contribution is 2.71. The standard InChI is InChI=1S/C9H14/c1-3-4-7-5-9(2)6-8(7)9/h3,7-8H,1,4-6H2,2H3. The van der Waals surface area contributed by atoms with Gasteiger partial charge in [-0.1, -0.05) is 13.0 Å². The van der Waals surface area contributed by atoms with Gasteiger partial charge in [0.25, 0.3) is 0 Å². The van der Waals surface area contributed by atoms with Crippen molar-refractivity contribution >= 4 is 0 Å². The molecule has 2 fully saturated rings. The Labute approximate surface area is 57.0 Å². The SMILES string of the molecule is C=CCC1CC2(C)CC12. The molecule has 0 radical (unpaired) electrons. The van der Waals surface area contributed by atoms with Crippen LogP contribution in [0.2, 0.25) is 0 Å². The largest absolute Gasteiger partial charge is 0.103 e. The van der Waals surface area contributed by atoms with Crippen LogP contribution in [0, 0.1) is 17.3 Å². The normalized spacial score (nSPS) is 53.4. The Balaban J connectivity index is 1.88. The lowest BCUT2D eigenvalue weighted by atomic mass is 9.74. The zero-order chi connectivity index (χ0) is 6.48. The average Bonchev–Trinajstić information content (AvgIpc) is 2.33. The second kappa shape index (κ2) is 1.42. The van der Waals surface area contributed by atoms with Crippen LogP contribution in [0.15, 0.2) is 12.7 Å². The second-order valence-electron chi connectivity index (χ2n) is 3.95. The van der Waals surface area contributed by atoms with Gasteiger partial charge in [0, 0.05) is 0 Å². The van der Waals surface area contributed by atoms with Crippen molar-refractivity contribution in [2.75, 3.05) is 0 Å². The molecule has 0 heteroatoms. The number of fused-ring (bicyclic) bond motifs is 1. The predicted octanol–water partition coefficient (Wildman–Crippen LogP) is 2.61. The minimum Gasteiger partial charge on any atom is -0.103 e. The van der Waals surface area contributed by atoms with Crippen molar-refractivity contribution < 1.29 is 0 Å². The van der Waals surface area contributed by atoms with Crippen molar-refractivity contribution in [1.82, 2.24) is 0 Å². The Bertz CT molecular complexity index is 148. The Morgan fingerprint density at radius 2 is 2.44 bits per heavy atom. The summed E-state index contributed by atoms with van der Waals surface area (Å²) < 4.78 is 0. The van der Waals surface area contributed by atoms with Gasteiger partial charge < -0.3 is 0 Å². The summed E-state index contributed by atoms with van der Waals surface area (Å²) >= 11 is 0. The Morgan fingerprint density at radius 1 is 1.67 bits per heavy atom. The molecule has 0 aromatic rings. The lowest BCUT2D eigenvalue weighted by Gasteiger charge is -2.30. The molecule has 2 aliphatic rings. The molecule has 0 N–H and O–H groups in total. The third kappa shape index (κ3) is 0.593. The molecule has 9 heavy (non-hydrogen) atoms. The fourth-order valence-corrected chi connectivity index (χ4v) is 2.46. The van der Waals surface area contributed by atoms with Gasteiger partial charge in [0.2, 0.25) is 0 Å². The first kappa shape index (κ1) is 5.52. The molecule has 0 amide bonds. The fourth-order valence-electron chi connectivity index (χ4n) is 2.46. The third-order valence-corrected chi connectivity index (χ3v) is 3.19. The molecule has 0 saturated heterocycles. The topological polar surface area (TPSA) is 0 Å². The summed E-state index contributed by atoms with van der Waals surface area (Å²) in [6.07, 6.45) is 6.32. The van der Waals surface area contributed by atoms with Crippen LogP contribution in [0.5, 0.6) is 0 Å². The van der Waals surface area contributed by atoms with Crippen LogP contribution in [-0.4, -0.2) is 0 Å². The molecule has 2 rings (SSSR count). The van der Waals surface area contributed by atoms with Gasteiger partial charge in [-0.05, 0) is 36.5 Å². The fraction of sp³-hybridized carbons (Fsp3) is 0.778. The van der Waals surface area contributed by atoms with E-state index in [9.17, 15) is 0 Å². The quantitative estimate of drug-likeness (QED) is 0.494. The van der Waals surface area contributed by atoms with Gasteiger partial charge >= 0.3 is 0 Å². The molecule has 0 spiro atoms. The van der Waals surface area contributed by atoms with Crippen molar-refractivity contribution in [2.45, 2.75) is 26.2 Å². The molecule has 3 atom stereocenters. The summed E-state index contributed by atoms with van der Waals surface area (Å²) in [5, 5.41) is 0. The van der Waals surface area contributed by atoms with E-state index in [2.05, 4.69) is 19.6 Å². The van der Waals surface area contributed by atoms with E-state index in [-0.39, 0.29) is 0 Å². The summed E-state index contributed by atoms with van der Waals surface area (Å²) in [5.41, 5.74) is 0.813. The van der Waals surface area contributed by atoms with Crippen molar-refractivity contribution in [3.63, 3.8) is 0 Å². The molecule has 0 aromatic heterocycles. The number of hydrogen-bond acceptors (Lipinski definition) is 0. The van der Waals surface area contributed by atoms with E-state index in [1.807, 2.05) is 0 Å². The van der Waals surface area contributed by atoms with Crippen LogP contribution in [0.1, 0.15) is 26.2 Å². The first-order valence-electron chi connectivity index (χ1n) is 3.87. The number of rotatable bonds is 2.